The Morgan fingerprint density at radius 1 is 1.42 bits per heavy atom. The predicted molar refractivity (Wildman–Crippen MR) is 69.8 cm³/mol. The SMILES string of the molecule is O=C(O)CC1CC2(CCNCC2)c2cc(F)ccc21. The van der Waals surface area contributed by atoms with E-state index in [4.69, 9.17) is 5.11 Å². The van der Waals surface area contributed by atoms with Gasteiger partial charge in [0.15, 0.2) is 0 Å². The highest BCUT2D eigenvalue weighted by atomic mass is 19.1. The minimum Gasteiger partial charge on any atom is -0.481 e. The van der Waals surface area contributed by atoms with Crippen LogP contribution in [0.5, 0.6) is 0 Å². The van der Waals surface area contributed by atoms with E-state index in [1.54, 1.807) is 12.1 Å². The zero-order chi connectivity index (χ0) is 13.5. The van der Waals surface area contributed by atoms with E-state index in [9.17, 15) is 9.18 Å². The van der Waals surface area contributed by atoms with Crippen LogP contribution in [0.4, 0.5) is 4.39 Å². The molecule has 102 valence electrons. The van der Waals surface area contributed by atoms with Gasteiger partial charge in [0.2, 0.25) is 0 Å². The number of nitrogens with one attached hydrogen (secondary N) is 1. The zero-order valence-electron chi connectivity index (χ0n) is 10.8. The Hall–Kier alpha value is -1.42. The fourth-order valence-corrected chi connectivity index (χ4v) is 3.81. The largest absolute Gasteiger partial charge is 0.481 e. The molecule has 1 fully saturated rings. The summed E-state index contributed by atoms with van der Waals surface area (Å²) in [5.74, 6) is -0.954. The molecule has 1 heterocycles. The van der Waals surface area contributed by atoms with Gasteiger partial charge in [-0.2, -0.15) is 0 Å². The Labute approximate surface area is 111 Å². The van der Waals surface area contributed by atoms with Gasteiger partial charge in [-0.15, -0.1) is 0 Å². The molecule has 0 aromatic heterocycles. The lowest BCUT2D eigenvalue weighted by molar-refractivity contribution is -0.137. The van der Waals surface area contributed by atoms with Crippen molar-refractivity contribution in [3.63, 3.8) is 0 Å². The van der Waals surface area contributed by atoms with Gasteiger partial charge < -0.3 is 10.4 Å². The Morgan fingerprint density at radius 2 is 2.16 bits per heavy atom. The summed E-state index contributed by atoms with van der Waals surface area (Å²) < 4.78 is 13.6. The van der Waals surface area contributed by atoms with Crippen LogP contribution < -0.4 is 5.32 Å². The quantitative estimate of drug-likeness (QED) is 0.861. The van der Waals surface area contributed by atoms with Crippen LogP contribution in [-0.2, 0) is 10.2 Å². The molecule has 2 N–H and O–H groups in total. The van der Waals surface area contributed by atoms with Crippen molar-refractivity contribution < 1.29 is 14.3 Å². The van der Waals surface area contributed by atoms with Crippen LogP contribution in [0.25, 0.3) is 0 Å². The van der Waals surface area contributed by atoms with Crippen molar-refractivity contribution in [1.29, 1.82) is 0 Å². The second kappa shape index (κ2) is 4.60. The van der Waals surface area contributed by atoms with Gasteiger partial charge in [-0.05, 0) is 66.9 Å². The van der Waals surface area contributed by atoms with Gasteiger partial charge in [-0.1, -0.05) is 6.07 Å². The van der Waals surface area contributed by atoms with Gasteiger partial charge in [-0.3, -0.25) is 4.79 Å². The summed E-state index contributed by atoms with van der Waals surface area (Å²) in [6.07, 6.45) is 2.94. The molecule has 0 bridgehead atoms. The Balaban J connectivity index is 2.02. The monoisotopic (exact) mass is 263 g/mol. The number of halogens is 1. The number of aliphatic carboxylic acids is 1. The number of fused-ring (bicyclic) bond motifs is 2. The van der Waals surface area contributed by atoms with Gasteiger partial charge in [0, 0.05) is 0 Å². The topological polar surface area (TPSA) is 49.3 Å². The van der Waals surface area contributed by atoms with Gasteiger partial charge in [0.05, 0.1) is 6.42 Å². The van der Waals surface area contributed by atoms with Crippen molar-refractivity contribution in [2.45, 2.75) is 37.0 Å². The molecule has 1 unspecified atom stereocenters. The fraction of sp³-hybridized carbons (Fsp3) is 0.533. The van der Waals surface area contributed by atoms with Crippen molar-refractivity contribution in [2.75, 3.05) is 13.1 Å². The molecule has 1 aromatic carbocycles. The minimum absolute atomic E-state index is 0.0111. The van der Waals surface area contributed by atoms with Crippen LogP contribution in [0.2, 0.25) is 0 Å². The fourth-order valence-electron chi connectivity index (χ4n) is 3.81. The Bertz CT molecular complexity index is 509. The smallest absolute Gasteiger partial charge is 0.303 e. The molecule has 3 nitrogen and oxygen atoms in total. The van der Waals surface area contributed by atoms with Crippen LogP contribution in [0.15, 0.2) is 18.2 Å². The number of rotatable bonds is 2. The molecule has 0 saturated carbocycles. The maximum absolute atomic E-state index is 13.6. The molecule has 3 rings (SSSR count). The summed E-state index contributed by atoms with van der Waals surface area (Å²) in [4.78, 5) is 11.0. The van der Waals surface area contributed by atoms with Crippen molar-refractivity contribution in [1.82, 2.24) is 5.32 Å². The zero-order valence-corrected chi connectivity index (χ0v) is 10.8. The number of benzene rings is 1. The third kappa shape index (κ3) is 2.14. The molecular weight excluding hydrogens is 245 g/mol. The third-order valence-corrected chi connectivity index (χ3v) is 4.65. The van der Waals surface area contributed by atoms with E-state index in [0.717, 1.165) is 43.5 Å². The number of hydrogen-bond acceptors (Lipinski definition) is 2. The summed E-state index contributed by atoms with van der Waals surface area (Å²) in [7, 11) is 0. The summed E-state index contributed by atoms with van der Waals surface area (Å²) in [5, 5.41) is 12.4. The number of carboxylic acids is 1. The minimum atomic E-state index is -0.772. The van der Waals surface area contributed by atoms with Crippen LogP contribution in [-0.4, -0.2) is 24.2 Å². The van der Waals surface area contributed by atoms with E-state index in [0.29, 0.717) is 0 Å². The number of hydrogen-bond donors (Lipinski definition) is 2. The molecule has 0 amide bonds. The first-order valence-electron chi connectivity index (χ1n) is 6.83. The summed E-state index contributed by atoms with van der Waals surface area (Å²) in [6, 6.07) is 4.87. The molecular formula is C15H18FNO2. The standard InChI is InChI=1S/C15H18FNO2/c16-11-1-2-12-10(7-14(18)19)9-15(13(12)8-11)3-5-17-6-4-15/h1-2,8,10,17H,3-7,9H2,(H,18,19). The molecule has 0 radical (unpaired) electrons. The molecule has 1 aliphatic carbocycles. The third-order valence-electron chi connectivity index (χ3n) is 4.65. The highest BCUT2D eigenvalue weighted by Crippen LogP contribution is 2.52. The lowest BCUT2D eigenvalue weighted by atomic mass is 9.73. The van der Waals surface area contributed by atoms with Crippen LogP contribution in [0, 0.1) is 5.82 Å². The molecule has 1 aliphatic heterocycles. The maximum atomic E-state index is 13.6. The lowest BCUT2D eigenvalue weighted by Gasteiger charge is -2.35. The maximum Gasteiger partial charge on any atom is 0.303 e. The Morgan fingerprint density at radius 3 is 2.84 bits per heavy atom. The average Bonchev–Trinajstić information content (AvgIpc) is 2.64. The first-order chi connectivity index (χ1) is 9.11. The highest BCUT2D eigenvalue weighted by Gasteiger charge is 2.44. The van der Waals surface area contributed by atoms with Crippen molar-refractivity contribution >= 4 is 5.97 Å². The van der Waals surface area contributed by atoms with Crippen molar-refractivity contribution in [2.24, 2.45) is 0 Å². The van der Waals surface area contributed by atoms with E-state index in [-0.39, 0.29) is 23.6 Å². The van der Waals surface area contributed by atoms with E-state index >= 15 is 0 Å². The summed E-state index contributed by atoms with van der Waals surface area (Å²) in [5.41, 5.74) is 2.09. The highest BCUT2D eigenvalue weighted by molar-refractivity contribution is 5.68. The molecule has 1 spiro atoms. The number of carbonyl (C=O) groups is 1. The van der Waals surface area contributed by atoms with E-state index in [1.165, 1.54) is 6.07 Å². The second-order valence-corrected chi connectivity index (χ2v) is 5.76. The molecule has 1 saturated heterocycles. The summed E-state index contributed by atoms with van der Waals surface area (Å²) >= 11 is 0. The van der Waals surface area contributed by atoms with Gasteiger partial charge >= 0.3 is 5.97 Å². The average molecular weight is 263 g/mol. The van der Waals surface area contributed by atoms with E-state index < -0.39 is 5.97 Å². The normalized spacial score (nSPS) is 24.4. The Kier molecular flexibility index (Phi) is 3.05. The van der Waals surface area contributed by atoms with Crippen LogP contribution in [0.3, 0.4) is 0 Å². The molecule has 2 aliphatic rings. The van der Waals surface area contributed by atoms with Gasteiger partial charge in [-0.25, -0.2) is 4.39 Å². The van der Waals surface area contributed by atoms with Crippen LogP contribution >= 0.6 is 0 Å². The molecule has 1 aromatic rings. The van der Waals surface area contributed by atoms with Gasteiger partial charge in [0.25, 0.3) is 0 Å². The lowest BCUT2D eigenvalue weighted by Crippen LogP contribution is -2.38. The van der Waals surface area contributed by atoms with Crippen molar-refractivity contribution in [3.8, 4) is 0 Å². The molecule has 19 heavy (non-hydrogen) atoms. The predicted octanol–water partition coefficient (Wildman–Crippen LogP) is 2.41. The van der Waals surface area contributed by atoms with Gasteiger partial charge in [0.1, 0.15) is 5.82 Å². The number of piperidine rings is 1. The van der Waals surface area contributed by atoms with Crippen LogP contribution in [0.1, 0.15) is 42.7 Å². The summed E-state index contributed by atoms with van der Waals surface area (Å²) in [6.45, 7) is 1.85. The second-order valence-electron chi connectivity index (χ2n) is 5.76. The van der Waals surface area contributed by atoms with E-state index in [1.807, 2.05) is 0 Å². The number of carboxylic acid groups (broad SMARTS) is 1. The van der Waals surface area contributed by atoms with E-state index in [2.05, 4.69) is 5.32 Å². The molecule has 4 heteroatoms. The first-order valence-corrected chi connectivity index (χ1v) is 6.83. The molecule has 1 atom stereocenters. The first kappa shape index (κ1) is 12.6. The van der Waals surface area contributed by atoms with Crippen molar-refractivity contribution in [3.05, 3.63) is 35.1 Å².